The Morgan fingerprint density at radius 1 is 1.03 bits per heavy atom. The first-order chi connectivity index (χ1) is 14.1. The van der Waals surface area contributed by atoms with Gasteiger partial charge in [0.15, 0.2) is 0 Å². The Morgan fingerprint density at radius 2 is 1.79 bits per heavy atom. The minimum absolute atomic E-state index is 0.0723. The zero-order valence-electron chi connectivity index (χ0n) is 15.6. The summed E-state index contributed by atoms with van der Waals surface area (Å²) < 4.78 is 3.08. The lowest BCUT2D eigenvalue weighted by Crippen LogP contribution is -2.51. The van der Waals surface area contributed by atoms with Gasteiger partial charge >= 0.3 is 0 Å². The molecule has 3 heterocycles. The highest BCUT2D eigenvalue weighted by Gasteiger charge is 2.25. The zero-order chi connectivity index (χ0) is 20.2. The van der Waals surface area contributed by atoms with Gasteiger partial charge in [0.05, 0.1) is 18.3 Å². The molecule has 1 fully saturated rings. The molecule has 2 amide bonds. The van der Waals surface area contributed by atoms with Crippen LogP contribution in [0.3, 0.4) is 0 Å². The van der Waals surface area contributed by atoms with Gasteiger partial charge in [-0.1, -0.05) is 29.8 Å². The van der Waals surface area contributed by atoms with E-state index in [1.807, 2.05) is 24.3 Å². The zero-order valence-corrected chi connectivity index (χ0v) is 16.3. The second-order valence-corrected chi connectivity index (χ2v) is 7.11. The third-order valence-corrected chi connectivity index (χ3v) is 5.15. The van der Waals surface area contributed by atoms with E-state index in [4.69, 9.17) is 11.6 Å². The molecule has 11 heteroatoms. The summed E-state index contributed by atoms with van der Waals surface area (Å²) in [6.07, 6.45) is 4.69. The molecule has 0 bridgehead atoms. The topological polar surface area (TPSA) is 102 Å². The molecule has 1 aliphatic heterocycles. The van der Waals surface area contributed by atoms with Crippen molar-refractivity contribution in [2.24, 2.45) is 0 Å². The van der Waals surface area contributed by atoms with Crippen LogP contribution in [0.1, 0.15) is 15.9 Å². The van der Waals surface area contributed by atoms with Crippen molar-refractivity contribution in [3.05, 3.63) is 59.1 Å². The van der Waals surface area contributed by atoms with Gasteiger partial charge in [-0.25, -0.2) is 4.68 Å². The third-order valence-electron chi connectivity index (χ3n) is 4.78. The summed E-state index contributed by atoms with van der Waals surface area (Å²) in [5.74, 6) is -0.167. The van der Waals surface area contributed by atoms with Crippen molar-refractivity contribution in [1.82, 2.24) is 39.8 Å². The highest BCUT2D eigenvalue weighted by Crippen LogP contribution is 2.16. The lowest BCUT2D eigenvalue weighted by molar-refractivity contribution is -0.133. The Labute approximate surface area is 171 Å². The van der Waals surface area contributed by atoms with Crippen LogP contribution in [0.4, 0.5) is 0 Å². The maximum Gasteiger partial charge on any atom is 0.257 e. The second kappa shape index (κ2) is 8.39. The van der Waals surface area contributed by atoms with E-state index in [0.29, 0.717) is 43.3 Å². The number of amides is 2. The number of nitrogens with zero attached hydrogens (tertiary/aromatic N) is 8. The molecule has 0 unspecified atom stereocenters. The fourth-order valence-corrected chi connectivity index (χ4v) is 3.39. The molecule has 0 radical (unpaired) electrons. The minimum Gasteiger partial charge on any atom is -0.338 e. The van der Waals surface area contributed by atoms with Crippen LogP contribution in [-0.2, 0) is 17.9 Å². The molecular weight excluding hydrogens is 396 g/mol. The second-order valence-electron chi connectivity index (χ2n) is 6.70. The molecule has 0 saturated carbocycles. The number of carbonyl (C=O) groups is 2. The molecule has 3 aromatic rings. The van der Waals surface area contributed by atoms with E-state index in [1.54, 1.807) is 26.9 Å². The van der Waals surface area contributed by atoms with Gasteiger partial charge in [-0.3, -0.25) is 14.3 Å². The minimum atomic E-state index is -0.0945. The smallest absolute Gasteiger partial charge is 0.257 e. The van der Waals surface area contributed by atoms with Crippen LogP contribution >= 0.6 is 11.6 Å². The Bertz CT molecular complexity index is 995. The first-order valence-electron chi connectivity index (χ1n) is 9.14. The van der Waals surface area contributed by atoms with Crippen LogP contribution in [0.5, 0.6) is 0 Å². The van der Waals surface area contributed by atoms with Crippen molar-refractivity contribution in [3.8, 4) is 0 Å². The Kier molecular flexibility index (Phi) is 5.52. The number of rotatable bonds is 5. The average Bonchev–Trinajstić information content (AvgIpc) is 3.41. The van der Waals surface area contributed by atoms with Gasteiger partial charge in [0.1, 0.15) is 12.9 Å². The van der Waals surface area contributed by atoms with Crippen LogP contribution in [-0.4, -0.2) is 77.8 Å². The van der Waals surface area contributed by atoms with E-state index in [9.17, 15) is 9.59 Å². The van der Waals surface area contributed by atoms with Crippen LogP contribution in [0.15, 0.2) is 43.0 Å². The lowest BCUT2D eigenvalue weighted by atomic mass is 10.2. The van der Waals surface area contributed by atoms with E-state index in [1.165, 1.54) is 11.0 Å². The van der Waals surface area contributed by atoms with E-state index >= 15 is 0 Å². The van der Waals surface area contributed by atoms with Gasteiger partial charge in [0.2, 0.25) is 5.91 Å². The molecule has 1 aliphatic rings. The maximum absolute atomic E-state index is 12.8. The van der Waals surface area contributed by atoms with Crippen molar-refractivity contribution < 1.29 is 9.59 Å². The number of benzene rings is 1. The Balaban J connectivity index is 1.32. The molecule has 0 spiro atoms. The number of halogens is 1. The fourth-order valence-electron chi connectivity index (χ4n) is 3.19. The largest absolute Gasteiger partial charge is 0.338 e. The fraction of sp³-hybridized carbons (Fsp3) is 0.333. The van der Waals surface area contributed by atoms with Gasteiger partial charge in [-0.2, -0.15) is 5.10 Å². The van der Waals surface area contributed by atoms with Gasteiger partial charge in [0.25, 0.3) is 5.91 Å². The number of piperazine rings is 1. The van der Waals surface area contributed by atoms with Gasteiger partial charge in [-0.15, -0.1) is 5.10 Å². The van der Waals surface area contributed by atoms with E-state index in [-0.39, 0.29) is 18.4 Å². The normalized spacial score (nSPS) is 14.2. The van der Waals surface area contributed by atoms with Crippen molar-refractivity contribution in [1.29, 1.82) is 0 Å². The summed E-state index contributed by atoms with van der Waals surface area (Å²) in [5, 5.41) is 15.7. The number of carbonyl (C=O) groups excluding carboxylic acids is 2. The number of hydrogen-bond acceptors (Lipinski definition) is 6. The van der Waals surface area contributed by atoms with Crippen molar-refractivity contribution in [3.63, 3.8) is 0 Å². The Morgan fingerprint density at radius 3 is 2.52 bits per heavy atom. The van der Waals surface area contributed by atoms with Crippen LogP contribution < -0.4 is 0 Å². The predicted molar refractivity (Wildman–Crippen MR) is 103 cm³/mol. The first kappa shape index (κ1) is 19.1. The van der Waals surface area contributed by atoms with Crippen LogP contribution in [0.2, 0.25) is 5.02 Å². The average molecular weight is 415 g/mol. The highest BCUT2D eigenvalue weighted by molar-refractivity contribution is 6.31. The number of tetrazole rings is 1. The van der Waals surface area contributed by atoms with Gasteiger partial charge in [-0.05, 0) is 22.1 Å². The third kappa shape index (κ3) is 4.43. The molecule has 29 heavy (non-hydrogen) atoms. The molecule has 10 nitrogen and oxygen atoms in total. The van der Waals surface area contributed by atoms with Crippen LogP contribution in [0.25, 0.3) is 0 Å². The van der Waals surface area contributed by atoms with Crippen molar-refractivity contribution >= 4 is 23.4 Å². The lowest BCUT2D eigenvalue weighted by Gasteiger charge is -2.34. The summed E-state index contributed by atoms with van der Waals surface area (Å²) in [4.78, 5) is 28.5. The summed E-state index contributed by atoms with van der Waals surface area (Å²) in [6, 6.07) is 7.54. The van der Waals surface area contributed by atoms with E-state index in [0.717, 1.165) is 5.56 Å². The molecule has 0 atom stereocenters. The van der Waals surface area contributed by atoms with Gasteiger partial charge in [0, 0.05) is 37.4 Å². The molecule has 1 saturated heterocycles. The standard InChI is InChI=1S/C18H19ClN8O2/c19-16-4-2-1-3-14(16)10-26-11-15(9-21-26)18(29)25-7-5-24(6-8-25)17(28)12-27-13-20-22-23-27/h1-4,9,11,13H,5-8,10,12H2. The number of hydrogen-bond donors (Lipinski definition) is 0. The predicted octanol–water partition coefficient (Wildman–Crippen LogP) is 0.556. The van der Waals surface area contributed by atoms with Crippen molar-refractivity contribution in [2.45, 2.75) is 13.1 Å². The number of aromatic nitrogens is 6. The highest BCUT2D eigenvalue weighted by atomic mass is 35.5. The SMILES string of the molecule is O=C(Cn1cnnn1)N1CCN(C(=O)c2cnn(Cc3ccccc3Cl)c2)CC1. The van der Waals surface area contributed by atoms with E-state index < -0.39 is 0 Å². The summed E-state index contributed by atoms with van der Waals surface area (Å²) in [6.45, 7) is 2.47. The molecule has 4 rings (SSSR count). The van der Waals surface area contributed by atoms with Crippen LogP contribution in [0, 0.1) is 0 Å². The summed E-state index contributed by atoms with van der Waals surface area (Å²) in [5.41, 5.74) is 1.46. The molecule has 1 aromatic carbocycles. The summed E-state index contributed by atoms with van der Waals surface area (Å²) in [7, 11) is 0. The molecular formula is C18H19ClN8O2. The van der Waals surface area contributed by atoms with Crippen molar-refractivity contribution in [2.75, 3.05) is 26.2 Å². The van der Waals surface area contributed by atoms with Gasteiger partial charge < -0.3 is 9.80 Å². The monoisotopic (exact) mass is 414 g/mol. The molecule has 0 aliphatic carbocycles. The van der Waals surface area contributed by atoms with E-state index in [2.05, 4.69) is 20.6 Å². The molecule has 2 aromatic heterocycles. The first-order valence-corrected chi connectivity index (χ1v) is 9.51. The summed E-state index contributed by atoms with van der Waals surface area (Å²) >= 11 is 6.19. The Hall–Kier alpha value is -3.27. The maximum atomic E-state index is 12.8. The molecule has 150 valence electrons. The molecule has 0 N–H and O–H groups in total. The quantitative estimate of drug-likeness (QED) is 0.604.